The zero-order chi connectivity index (χ0) is 12.4. The number of hydrogen-bond donors (Lipinski definition) is 1. The van der Waals surface area contributed by atoms with Gasteiger partial charge in [0.2, 0.25) is 0 Å². The number of aryl methyl sites for hydroxylation is 1. The highest BCUT2D eigenvalue weighted by Gasteiger charge is 2.33. The number of benzene rings is 1. The van der Waals surface area contributed by atoms with Crippen LogP contribution in [0.3, 0.4) is 0 Å². The fourth-order valence-corrected chi connectivity index (χ4v) is 3.76. The van der Waals surface area contributed by atoms with Gasteiger partial charge in [-0.15, -0.1) is 0 Å². The Hall–Kier alpha value is -1.12. The predicted molar refractivity (Wildman–Crippen MR) is 78.0 cm³/mol. The molecule has 1 aromatic heterocycles. The first-order valence-electron chi connectivity index (χ1n) is 6.59. The molecule has 3 rings (SSSR count). The normalized spacial score (nSPS) is 22.7. The summed E-state index contributed by atoms with van der Waals surface area (Å²) in [5.41, 5.74) is 10.9. The first-order valence-corrected chi connectivity index (χ1v) is 7.54. The molecule has 2 aromatic rings. The third kappa shape index (κ3) is 2.23. The second-order valence-electron chi connectivity index (χ2n) is 5.46. The molecule has 0 amide bonds. The van der Waals surface area contributed by atoms with Crippen molar-refractivity contribution in [3.63, 3.8) is 0 Å². The van der Waals surface area contributed by atoms with Crippen molar-refractivity contribution in [2.24, 2.45) is 11.1 Å². The summed E-state index contributed by atoms with van der Waals surface area (Å²) in [7, 11) is 0. The highest BCUT2D eigenvalue weighted by Crippen LogP contribution is 2.37. The third-order valence-electron chi connectivity index (χ3n) is 4.20. The van der Waals surface area contributed by atoms with E-state index in [0.29, 0.717) is 0 Å². The average Bonchev–Trinajstić information content (AvgIpc) is 2.91. The van der Waals surface area contributed by atoms with Crippen LogP contribution in [0.5, 0.6) is 0 Å². The summed E-state index contributed by atoms with van der Waals surface area (Å²) in [4.78, 5) is 0. The Morgan fingerprint density at radius 1 is 1.17 bits per heavy atom. The van der Waals surface area contributed by atoms with E-state index >= 15 is 0 Å². The van der Waals surface area contributed by atoms with Crippen molar-refractivity contribution in [2.45, 2.75) is 25.7 Å². The van der Waals surface area contributed by atoms with E-state index in [9.17, 15) is 0 Å². The van der Waals surface area contributed by atoms with Crippen LogP contribution in [-0.2, 0) is 19.3 Å². The van der Waals surface area contributed by atoms with Crippen LogP contribution in [0.2, 0.25) is 0 Å². The number of nitrogens with two attached hydrogens (primary N) is 1. The second kappa shape index (κ2) is 4.87. The summed E-state index contributed by atoms with van der Waals surface area (Å²) in [6, 6.07) is 11.1. The van der Waals surface area contributed by atoms with Crippen molar-refractivity contribution in [1.82, 2.24) is 0 Å². The molecule has 2 N–H and O–H groups in total. The van der Waals surface area contributed by atoms with E-state index in [4.69, 9.17) is 5.73 Å². The molecule has 18 heavy (non-hydrogen) atoms. The molecule has 0 bridgehead atoms. The van der Waals surface area contributed by atoms with E-state index in [0.717, 1.165) is 19.4 Å². The van der Waals surface area contributed by atoms with Gasteiger partial charge in [0.25, 0.3) is 0 Å². The van der Waals surface area contributed by atoms with E-state index in [1.54, 1.807) is 11.3 Å². The topological polar surface area (TPSA) is 26.0 Å². The summed E-state index contributed by atoms with van der Waals surface area (Å²) < 4.78 is 0. The molecule has 1 aromatic carbocycles. The van der Waals surface area contributed by atoms with Gasteiger partial charge in [-0.05, 0) is 71.2 Å². The molecule has 1 aliphatic carbocycles. The van der Waals surface area contributed by atoms with Crippen LogP contribution in [-0.4, -0.2) is 6.54 Å². The van der Waals surface area contributed by atoms with Gasteiger partial charge in [-0.1, -0.05) is 24.3 Å². The van der Waals surface area contributed by atoms with Crippen LogP contribution in [0.15, 0.2) is 41.1 Å². The Morgan fingerprint density at radius 3 is 2.72 bits per heavy atom. The first-order chi connectivity index (χ1) is 8.81. The minimum Gasteiger partial charge on any atom is -0.330 e. The van der Waals surface area contributed by atoms with Gasteiger partial charge in [0, 0.05) is 0 Å². The van der Waals surface area contributed by atoms with Crippen molar-refractivity contribution < 1.29 is 0 Å². The van der Waals surface area contributed by atoms with Gasteiger partial charge < -0.3 is 5.73 Å². The first kappa shape index (κ1) is 11.9. The predicted octanol–water partition coefficient (Wildman–Crippen LogP) is 3.42. The highest BCUT2D eigenvalue weighted by molar-refractivity contribution is 7.07. The van der Waals surface area contributed by atoms with E-state index in [-0.39, 0.29) is 5.41 Å². The molecule has 1 heterocycles. The van der Waals surface area contributed by atoms with Gasteiger partial charge in [-0.2, -0.15) is 11.3 Å². The zero-order valence-corrected chi connectivity index (χ0v) is 11.4. The van der Waals surface area contributed by atoms with Gasteiger partial charge in [0.1, 0.15) is 0 Å². The largest absolute Gasteiger partial charge is 0.330 e. The third-order valence-corrected chi connectivity index (χ3v) is 4.93. The maximum atomic E-state index is 6.12. The molecule has 0 radical (unpaired) electrons. The molecule has 1 aliphatic rings. The molecule has 1 atom stereocenters. The highest BCUT2D eigenvalue weighted by atomic mass is 32.1. The SMILES string of the molecule is NCC1(Cc2ccsc2)CCc2ccccc2C1. The summed E-state index contributed by atoms with van der Waals surface area (Å²) in [5.74, 6) is 0. The number of thiophene rings is 1. The van der Waals surface area contributed by atoms with E-state index < -0.39 is 0 Å². The summed E-state index contributed by atoms with van der Waals surface area (Å²) in [6.07, 6.45) is 4.66. The van der Waals surface area contributed by atoms with Crippen LogP contribution in [0, 0.1) is 5.41 Å². The molecule has 0 aliphatic heterocycles. The summed E-state index contributed by atoms with van der Waals surface area (Å²) in [5, 5.41) is 4.42. The lowest BCUT2D eigenvalue weighted by atomic mass is 9.68. The molecule has 1 nitrogen and oxygen atoms in total. The Bertz CT molecular complexity index is 518. The quantitative estimate of drug-likeness (QED) is 0.895. The maximum Gasteiger partial charge on any atom is -0.00140 e. The molecule has 2 heteroatoms. The molecular weight excluding hydrogens is 238 g/mol. The lowest BCUT2D eigenvalue weighted by Gasteiger charge is -2.37. The summed E-state index contributed by atoms with van der Waals surface area (Å²) >= 11 is 1.78. The zero-order valence-electron chi connectivity index (χ0n) is 10.6. The standard InChI is InChI=1S/C16H19NS/c17-12-16(9-13-6-8-18-11-13)7-5-14-3-1-2-4-15(14)10-16/h1-4,6,8,11H,5,7,9-10,12,17H2. The number of hydrogen-bond acceptors (Lipinski definition) is 2. The van der Waals surface area contributed by atoms with Crippen molar-refractivity contribution in [1.29, 1.82) is 0 Å². The Balaban J connectivity index is 1.86. The molecule has 0 fully saturated rings. The van der Waals surface area contributed by atoms with Crippen molar-refractivity contribution in [2.75, 3.05) is 6.54 Å². The monoisotopic (exact) mass is 257 g/mol. The maximum absolute atomic E-state index is 6.12. The van der Waals surface area contributed by atoms with Crippen LogP contribution >= 0.6 is 11.3 Å². The van der Waals surface area contributed by atoms with Crippen LogP contribution in [0.1, 0.15) is 23.1 Å². The Kier molecular flexibility index (Phi) is 3.23. The van der Waals surface area contributed by atoms with E-state index in [1.165, 1.54) is 29.5 Å². The molecular formula is C16H19NS. The van der Waals surface area contributed by atoms with Gasteiger partial charge in [0.05, 0.1) is 0 Å². The summed E-state index contributed by atoms with van der Waals surface area (Å²) in [6.45, 7) is 0.789. The van der Waals surface area contributed by atoms with Crippen molar-refractivity contribution in [3.05, 3.63) is 57.8 Å². The minimum atomic E-state index is 0.273. The molecule has 0 spiro atoms. The molecule has 94 valence electrons. The molecule has 1 unspecified atom stereocenters. The smallest absolute Gasteiger partial charge is 0.00140 e. The number of rotatable bonds is 3. The fraction of sp³-hybridized carbons (Fsp3) is 0.375. The minimum absolute atomic E-state index is 0.273. The van der Waals surface area contributed by atoms with Crippen molar-refractivity contribution in [3.8, 4) is 0 Å². The lowest BCUT2D eigenvalue weighted by Crippen LogP contribution is -2.38. The van der Waals surface area contributed by atoms with Crippen LogP contribution < -0.4 is 5.73 Å². The van der Waals surface area contributed by atoms with Gasteiger partial charge >= 0.3 is 0 Å². The van der Waals surface area contributed by atoms with E-state index in [1.807, 2.05) is 0 Å². The lowest BCUT2D eigenvalue weighted by molar-refractivity contribution is 0.254. The van der Waals surface area contributed by atoms with Gasteiger partial charge in [-0.25, -0.2) is 0 Å². The Labute approximate surface area is 113 Å². The average molecular weight is 257 g/mol. The second-order valence-corrected chi connectivity index (χ2v) is 6.24. The van der Waals surface area contributed by atoms with Crippen LogP contribution in [0.25, 0.3) is 0 Å². The Morgan fingerprint density at radius 2 is 2.00 bits per heavy atom. The van der Waals surface area contributed by atoms with Crippen LogP contribution in [0.4, 0.5) is 0 Å². The van der Waals surface area contributed by atoms with Gasteiger partial charge in [-0.3, -0.25) is 0 Å². The van der Waals surface area contributed by atoms with E-state index in [2.05, 4.69) is 41.1 Å². The number of fused-ring (bicyclic) bond motifs is 1. The fourth-order valence-electron chi connectivity index (χ4n) is 3.09. The van der Waals surface area contributed by atoms with Crippen molar-refractivity contribution >= 4 is 11.3 Å². The molecule has 0 saturated carbocycles. The van der Waals surface area contributed by atoms with Gasteiger partial charge in [0.15, 0.2) is 0 Å². The molecule has 0 saturated heterocycles.